The zero-order valence-electron chi connectivity index (χ0n) is 15.7. The summed E-state index contributed by atoms with van der Waals surface area (Å²) in [5, 5.41) is 2.41. The summed E-state index contributed by atoms with van der Waals surface area (Å²) in [4.78, 5) is 25.1. The summed E-state index contributed by atoms with van der Waals surface area (Å²) in [6.07, 6.45) is -6.86. The lowest BCUT2D eigenvalue weighted by Crippen LogP contribution is -2.22. The number of fused-ring (bicyclic) bond motifs is 1. The summed E-state index contributed by atoms with van der Waals surface area (Å²) in [7, 11) is 0. The Labute approximate surface area is 170 Å². The Hall–Kier alpha value is -3.31. The van der Waals surface area contributed by atoms with Crippen molar-refractivity contribution in [1.29, 1.82) is 0 Å². The van der Waals surface area contributed by atoms with Crippen molar-refractivity contribution in [2.45, 2.75) is 25.2 Å². The Morgan fingerprint density at radius 3 is 2.13 bits per heavy atom. The van der Waals surface area contributed by atoms with E-state index in [2.05, 4.69) is 20.3 Å². The largest absolute Gasteiger partial charge is 0.416 e. The fraction of sp³-hybridized carbons (Fsp3) is 0.316. The second-order valence-corrected chi connectivity index (χ2v) is 7.05. The minimum Gasteiger partial charge on any atom is -0.341 e. The van der Waals surface area contributed by atoms with Gasteiger partial charge in [-0.15, -0.1) is 0 Å². The van der Waals surface area contributed by atoms with Crippen molar-refractivity contribution in [3.8, 4) is 0 Å². The smallest absolute Gasteiger partial charge is 0.341 e. The van der Waals surface area contributed by atoms with Gasteiger partial charge >= 0.3 is 12.4 Å². The first-order valence-electron chi connectivity index (χ1n) is 9.23. The molecule has 6 nitrogen and oxygen atoms in total. The highest BCUT2D eigenvalue weighted by molar-refractivity contribution is 5.91. The van der Waals surface area contributed by atoms with E-state index in [1.807, 2.05) is 4.90 Å². The SMILES string of the molecule is O=c1[nH]ccc2nc(N3CCCC3)nc(Nc3cc(C(F)(F)F)cc(C(F)(F)F)c3)c12. The van der Waals surface area contributed by atoms with Gasteiger partial charge < -0.3 is 15.2 Å². The van der Waals surface area contributed by atoms with Gasteiger partial charge in [-0.3, -0.25) is 4.79 Å². The number of alkyl halides is 6. The first-order valence-corrected chi connectivity index (χ1v) is 9.23. The second kappa shape index (κ2) is 7.43. The maximum atomic E-state index is 13.2. The topological polar surface area (TPSA) is 73.9 Å². The Balaban J connectivity index is 1.87. The molecule has 0 saturated carbocycles. The average Bonchev–Trinajstić information content (AvgIpc) is 3.21. The Morgan fingerprint density at radius 1 is 0.935 bits per heavy atom. The summed E-state index contributed by atoms with van der Waals surface area (Å²) in [6.45, 7) is 1.30. The third kappa shape index (κ3) is 4.28. The number of nitrogens with one attached hydrogen (secondary N) is 2. The van der Waals surface area contributed by atoms with Crippen molar-refractivity contribution in [3.05, 3.63) is 51.9 Å². The van der Waals surface area contributed by atoms with Gasteiger partial charge in [0.25, 0.3) is 5.56 Å². The average molecular weight is 443 g/mol. The molecule has 164 valence electrons. The molecule has 1 aliphatic rings. The first kappa shape index (κ1) is 20.9. The number of aromatic nitrogens is 3. The van der Waals surface area contributed by atoms with Gasteiger partial charge in [0.1, 0.15) is 11.2 Å². The van der Waals surface area contributed by atoms with E-state index in [1.165, 1.54) is 12.3 Å². The number of pyridine rings is 1. The second-order valence-electron chi connectivity index (χ2n) is 7.05. The first-order chi connectivity index (χ1) is 14.5. The van der Waals surface area contributed by atoms with Crippen LogP contribution in [0.5, 0.6) is 0 Å². The van der Waals surface area contributed by atoms with Gasteiger partial charge in [0.2, 0.25) is 5.95 Å². The molecule has 2 aromatic heterocycles. The molecule has 1 aromatic carbocycles. The number of hydrogen-bond donors (Lipinski definition) is 2. The summed E-state index contributed by atoms with van der Waals surface area (Å²) < 4.78 is 79.1. The highest BCUT2D eigenvalue weighted by Crippen LogP contribution is 2.38. The fourth-order valence-electron chi connectivity index (χ4n) is 3.39. The molecule has 0 aliphatic carbocycles. The van der Waals surface area contributed by atoms with E-state index in [1.54, 1.807) is 0 Å². The van der Waals surface area contributed by atoms with E-state index >= 15 is 0 Å². The summed E-state index contributed by atoms with van der Waals surface area (Å²) in [5.74, 6) is 0.0577. The van der Waals surface area contributed by atoms with Gasteiger partial charge in [0, 0.05) is 25.0 Å². The minimum atomic E-state index is -5.00. The highest BCUT2D eigenvalue weighted by atomic mass is 19.4. The van der Waals surface area contributed by atoms with Crippen LogP contribution in [-0.2, 0) is 12.4 Å². The number of anilines is 3. The number of halogens is 6. The van der Waals surface area contributed by atoms with Crippen LogP contribution in [0, 0.1) is 0 Å². The molecule has 4 rings (SSSR count). The van der Waals surface area contributed by atoms with Crippen molar-refractivity contribution < 1.29 is 26.3 Å². The summed E-state index contributed by atoms with van der Waals surface area (Å²) in [5.41, 5.74) is -3.87. The molecule has 1 saturated heterocycles. The molecule has 31 heavy (non-hydrogen) atoms. The van der Waals surface area contributed by atoms with Gasteiger partial charge in [-0.1, -0.05) is 0 Å². The van der Waals surface area contributed by atoms with Crippen molar-refractivity contribution in [2.24, 2.45) is 0 Å². The van der Waals surface area contributed by atoms with Crippen LogP contribution in [0.25, 0.3) is 10.9 Å². The Bertz CT molecular complexity index is 1150. The van der Waals surface area contributed by atoms with Gasteiger partial charge in [-0.2, -0.15) is 31.3 Å². The molecule has 0 spiro atoms. The Kier molecular flexibility index (Phi) is 5.02. The quantitative estimate of drug-likeness (QED) is 0.574. The van der Waals surface area contributed by atoms with E-state index in [4.69, 9.17) is 0 Å². The van der Waals surface area contributed by atoms with Crippen molar-refractivity contribution in [2.75, 3.05) is 23.3 Å². The molecule has 1 aliphatic heterocycles. The van der Waals surface area contributed by atoms with Crippen LogP contribution in [-0.4, -0.2) is 28.0 Å². The van der Waals surface area contributed by atoms with E-state index in [0.717, 1.165) is 12.8 Å². The molecule has 1 fully saturated rings. The van der Waals surface area contributed by atoms with Gasteiger partial charge in [0.05, 0.1) is 16.6 Å². The van der Waals surface area contributed by atoms with E-state index in [-0.39, 0.29) is 28.7 Å². The molecule has 12 heteroatoms. The number of rotatable bonds is 3. The molecule has 3 heterocycles. The standard InChI is InChI=1S/C19H15F6N5O/c20-18(21,22)10-7-11(19(23,24)25)9-12(8-10)27-15-14-13(3-4-26-16(14)31)28-17(29-15)30-5-1-2-6-30/h3-4,7-9H,1-2,5-6H2,(H,26,31)(H,27,28,29). The number of benzene rings is 1. The van der Waals surface area contributed by atoms with Crippen LogP contribution in [0.15, 0.2) is 35.3 Å². The van der Waals surface area contributed by atoms with Crippen LogP contribution >= 0.6 is 0 Å². The number of aromatic amines is 1. The van der Waals surface area contributed by atoms with Crippen molar-refractivity contribution in [3.63, 3.8) is 0 Å². The van der Waals surface area contributed by atoms with Crippen LogP contribution in [0.1, 0.15) is 24.0 Å². The monoisotopic (exact) mass is 443 g/mol. The Morgan fingerprint density at radius 2 is 1.55 bits per heavy atom. The molecular weight excluding hydrogens is 428 g/mol. The van der Waals surface area contributed by atoms with Crippen LogP contribution < -0.4 is 15.8 Å². The normalized spacial score (nSPS) is 15.0. The lowest BCUT2D eigenvalue weighted by Gasteiger charge is -2.18. The van der Waals surface area contributed by atoms with Crippen LogP contribution in [0.3, 0.4) is 0 Å². The molecule has 2 N–H and O–H groups in total. The third-order valence-corrected chi connectivity index (χ3v) is 4.85. The third-order valence-electron chi connectivity index (χ3n) is 4.85. The zero-order chi connectivity index (χ0) is 22.4. The lowest BCUT2D eigenvalue weighted by atomic mass is 10.1. The minimum absolute atomic E-state index is 0.0335. The lowest BCUT2D eigenvalue weighted by molar-refractivity contribution is -0.143. The van der Waals surface area contributed by atoms with E-state index in [9.17, 15) is 31.1 Å². The van der Waals surface area contributed by atoms with Gasteiger partial charge in [-0.05, 0) is 37.1 Å². The molecular formula is C19H15F6N5O. The highest BCUT2D eigenvalue weighted by Gasteiger charge is 2.37. The predicted molar refractivity (Wildman–Crippen MR) is 101 cm³/mol. The van der Waals surface area contributed by atoms with Gasteiger partial charge in [-0.25, -0.2) is 4.98 Å². The maximum absolute atomic E-state index is 13.2. The van der Waals surface area contributed by atoms with Crippen LogP contribution in [0.4, 0.5) is 43.8 Å². The number of nitrogens with zero attached hydrogens (tertiary/aromatic N) is 3. The van der Waals surface area contributed by atoms with Crippen molar-refractivity contribution >= 4 is 28.4 Å². The molecule has 0 amide bonds. The van der Waals surface area contributed by atoms with Crippen LogP contribution in [0.2, 0.25) is 0 Å². The zero-order valence-corrected chi connectivity index (χ0v) is 15.7. The summed E-state index contributed by atoms with van der Waals surface area (Å²) >= 11 is 0. The predicted octanol–water partition coefficient (Wildman–Crippen LogP) is 4.70. The number of H-pyrrole nitrogens is 1. The van der Waals surface area contributed by atoms with Gasteiger partial charge in [0.15, 0.2) is 0 Å². The molecule has 0 radical (unpaired) electrons. The molecule has 3 aromatic rings. The molecule has 0 bridgehead atoms. The maximum Gasteiger partial charge on any atom is 0.416 e. The molecule has 0 unspecified atom stereocenters. The van der Waals surface area contributed by atoms with E-state index < -0.39 is 34.7 Å². The fourth-order valence-corrected chi connectivity index (χ4v) is 3.39. The van der Waals surface area contributed by atoms with Crippen molar-refractivity contribution in [1.82, 2.24) is 15.0 Å². The van der Waals surface area contributed by atoms with E-state index in [0.29, 0.717) is 25.2 Å². The molecule has 0 atom stereocenters. The summed E-state index contributed by atoms with van der Waals surface area (Å²) in [6, 6.07) is 2.59. The number of hydrogen-bond acceptors (Lipinski definition) is 5.